The molecule has 0 heterocycles. The summed E-state index contributed by atoms with van der Waals surface area (Å²) in [5.41, 5.74) is -1.66. The SMILES string of the molecule is COc1ccc(N(CC(=O)Nc2ccc(Cl)c(C(F)(F)F)c2)S(=O)(=O)c2ccc(C)c([N+](=O)[O-])c2)cc1. The fraction of sp³-hybridized carbons (Fsp3) is 0.174. The number of nitro benzene ring substituents is 1. The average molecular weight is 558 g/mol. The summed E-state index contributed by atoms with van der Waals surface area (Å²) in [6.45, 7) is 0.574. The van der Waals surface area contributed by atoms with Crippen LogP contribution in [0.4, 0.5) is 30.2 Å². The number of aryl methyl sites for hydroxylation is 1. The maximum Gasteiger partial charge on any atom is 0.417 e. The molecule has 0 unspecified atom stereocenters. The van der Waals surface area contributed by atoms with Gasteiger partial charge in [0, 0.05) is 17.3 Å². The predicted molar refractivity (Wildman–Crippen MR) is 130 cm³/mol. The molecule has 1 N–H and O–H groups in total. The number of methoxy groups -OCH3 is 1. The molecular formula is C23H19ClF3N3O6S. The van der Waals surface area contributed by atoms with Crippen LogP contribution in [-0.4, -0.2) is 32.9 Å². The van der Waals surface area contributed by atoms with Crippen LogP contribution in [0.5, 0.6) is 5.75 Å². The van der Waals surface area contributed by atoms with E-state index in [0.717, 1.165) is 24.3 Å². The van der Waals surface area contributed by atoms with Gasteiger partial charge in [-0.05, 0) is 55.5 Å². The van der Waals surface area contributed by atoms with E-state index in [9.17, 15) is 36.5 Å². The molecule has 0 atom stereocenters. The van der Waals surface area contributed by atoms with Gasteiger partial charge in [-0.25, -0.2) is 8.42 Å². The molecule has 1 amide bonds. The zero-order valence-electron chi connectivity index (χ0n) is 19.2. The molecule has 196 valence electrons. The van der Waals surface area contributed by atoms with E-state index in [1.54, 1.807) is 0 Å². The summed E-state index contributed by atoms with van der Waals surface area (Å²) < 4.78 is 72.3. The molecule has 0 saturated heterocycles. The molecule has 0 radical (unpaired) electrons. The minimum atomic E-state index is -4.78. The lowest BCUT2D eigenvalue weighted by Crippen LogP contribution is -2.38. The average Bonchev–Trinajstić information content (AvgIpc) is 2.83. The molecule has 0 saturated carbocycles. The van der Waals surface area contributed by atoms with Gasteiger partial charge in [0.25, 0.3) is 15.7 Å². The summed E-state index contributed by atoms with van der Waals surface area (Å²) in [5.74, 6) is -0.589. The van der Waals surface area contributed by atoms with E-state index in [1.165, 1.54) is 44.4 Å². The van der Waals surface area contributed by atoms with Gasteiger partial charge < -0.3 is 10.1 Å². The second-order valence-corrected chi connectivity index (χ2v) is 9.93. The smallest absolute Gasteiger partial charge is 0.417 e. The minimum absolute atomic E-state index is 0.00580. The van der Waals surface area contributed by atoms with Crippen LogP contribution in [0.3, 0.4) is 0 Å². The van der Waals surface area contributed by atoms with E-state index in [1.807, 2.05) is 0 Å². The van der Waals surface area contributed by atoms with E-state index < -0.39 is 54.7 Å². The van der Waals surface area contributed by atoms with Crippen molar-refractivity contribution >= 4 is 44.6 Å². The fourth-order valence-electron chi connectivity index (χ4n) is 3.29. The summed E-state index contributed by atoms with van der Waals surface area (Å²) in [6.07, 6.45) is -4.78. The number of anilines is 2. The number of ether oxygens (including phenoxy) is 1. The van der Waals surface area contributed by atoms with Crippen molar-refractivity contribution in [2.45, 2.75) is 18.0 Å². The highest BCUT2D eigenvalue weighted by molar-refractivity contribution is 7.92. The molecule has 14 heteroatoms. The summed E-state index contributed by atoms with van der Waals surface area (Å²) in [4.78, 5) is 23.0. The van der Waals surface area contributed by atoms with Crippen LogP contribution in [0, 0.1) is 17.0 Å². The van der Waals surface area contributed by atoms with Gasteiger partial charge in [-0.1, -0.05) is 17.7 Å². The Kier molecular flexibility index (Phi) is 7.98. The van der Waals surface area contributed by atoms with Gasteiger partial charge in [-0.3, -0.25) is 19.2 Å². The molecule has 0 aliphatic rings. The Hall–Kier alpha value is -3.84. The standard InChI is InChI=1S/C23H19ClF3N3O6S/c1-14-3-9-18(12-21(14)30(32)33)37(34,35)29(16-5-7-17(36-2)8-6-16)13-22(31)28-15-4-10-20(24)19(11-15)23(25,26)27/h3-12H,13H2,1-2H3,(H,28,31). The molecule has 3 aromatic rings. The number of carbonyl (C=O) groups excluding carboxylic acids is 1. The number of amides is 1. The molecular weight excluding hydrogens is 539 g/mol. The quantitative estimate of drug-likeness (QED) is 0.292. The Bertz CT molecular complexity index is 1450. The van der Waals surface area contributed by atoms with Crippen LogP contribution in [0.25, 0.3) is 0 Å². The summed E-state index contributed by atoms with van der Waals surface area (Å²) in [7, 11) is -3.15. The third-order valence-electron chi connectivity index (χ3n) is 5.17. The molecule has 0 fully saturated rings. The van der Waals surface area contributed by atoms with Crippen molar-refractivity contribution in [2.75, 3.05) is 23.3 Å². The summed E-state index contributed by atoms with van der Waals surface area (Å²) >= 11 is 5.60. The second-order valence-electron chi connectivity index (χ2n) is 7.66. The largest absolute Gasteiger partial charge is 0.497 e. The van der Waals surface area contributed by atoms with Crippen LogP contribution in [-0.2, 0) is 21.0 Å². The van der Waals surface area contributed by atoms with Crippen molar-refractivity contribution in [3.05, 3.63) is 86.9 Å². The predicted octanol–water partition coefficient (Wildman–Crippen LogP) is 5.42. The monoisotopic (exact) mass is 557 g/mol. The van der Waals surface area contributed by atoms with Gasteiger partial charge in [-0.2, -0.15) is 13.2 Å². The summed E-state index contributed by atoms with van der Waals surface area (Å²) in [6, 6.07) is 11.5. The first kappa shape index (κ1) is 27.7. The summed E-state index contributed by atoms with van der Waals surface area (Å²) in [5, 5.41) is 13.0. The van der Waals surface area contributed by atoms with Crippen molar-refractivity contribution in [2.24, 2.45) is 0 Å². The van der Waals surface area contributed by atoms with E-state index in [4.69, 9.17) is 16.3 Å². The molecule has 0 aliphatic heterocycles. The number of carbonyl (C=O) groups is 1. The van der Waals surface area contributed by atoms with Crippen LogP contribution >= 0.6 is 11.6 Å². The van der Waals surface area contributed by atoms with Crippen molar-refractivity contribution in [1.29, 1.82) is 0 Å². The van der Waals surface area contributed by atoms with Gasteiger partial charge in [0.05, 0.1) is 33.2 Å². The number of sulfonamides is 1. The Morgan fingerprint density at radius 2 is 1.76 bits per heavy atom. The Balaban J connectivity index is 2.01. The van der Waals surface area contributed by atoms with Crippen molar-refractivity contribution in [1.82, 2.24) is 0 Å². The number of rotatable bonds is 8. The number of hydrogen-bond donors (Lipinski definition) is 1. The van der Waals surface area contributed by atoms with Crippen molar-refractivity contribution in [3.8, 4) is 5.75 Å². The lowest BCUT2D eigenvalue weighted by Gasteiger charge is -2.24. The molecule has 3 rings (SSSR count). The van der Waals surface area contributed by atoms with Crippen LogP contribution in [0.15, 0.2) is 65.6 Å². The molecule has 0 bridgehead atoms. The number of alkyl halides is 3. The molecule has 3 aromatic carbocycles. The lowest BCUT2D eigenvalue weighted by atomic mass is 10.2. The fourth-order valence-corrected chi connectivity index (χ4v) is 4.95. The van der Waals surface area contributed by atoms with Gasteiger partial charge >= 0.3 is 6.18 Å². The highest BCUT2D eigenvalue weighted by Crippen LogP contribution is 2.36. The zero-order valence-corrected chi connectivity index (χ0v) is 20.8. The van der Waals surface area contributed by atoms with Gasteiger partial charge in [0.15, 0.2) is 0 Å². The number of nitro groups is 1. The van der Waals surface area contributed by atoms with Gasteiger partial charge in [0.2, 0.25) is 5.91 Å². The van der Waals surface area contributed by atoms with E-state index in [2.05, 4.69) is 5.32 Å². The van der Waals surface area contributed by atoms with Gasteiger partial charge in [0.1, 0.15) is 12.3 Å². The molecule has 0 aliphatic carbocycles. The Morgan fingerprint density at radius 1 is 1.11 bits per heavy atom. The van der Waals surface area contributed by atoms with Crippen LogP contribution in [0.1, 0.15) is 11.1 Å². The van der Waals surface area contributed by atoms with Gasteiger partial charge in [-0.15, -0.1) is 0 Å². The number of halogens is 4. The van der Waals surface area contributed by atoms with Crippen molar-refractivity contribution < 1.29 is 36.0 Å². The molecule has 0 spiro atoms. The highest BCUT2D eigenvalue weighted by atomic mass is 35.5. The van der Waals surface area contributed by atoms with E-state index >= 15 is 0 Å². The minimum Gasteiger partial charge on any atom is -0.497 e. The van der Waals surface area contributed by atoms with Crippen LogP contribution < -0.4 is 14.4 Å². The normalized spacial score (nSPS) is 11.6. The molecule has 9 nitrogen and oxygen atoms in total. The molecule has 0 aromatic heterocycles. The van der Waals surface area contributed by atoms with E-state index in [-0.39, 0.29) is 16.9 Å². The molecule has 37 heavy (non-hydrogen) atoms. The highest BCUT2D eigenvalue weighted by Gasteiger charge is 2.34. The number of hydrogen-bond acceptors (Lipinski definition) is 6. The first-order valence-corrected chi connectivity index (χ1v) is 12.1. The topological polar surface area (TPSA) is 119 Å². The first-order valence-electron chi connectivity index (χ1n) is 10.3. The number of nitrogens with zero attached hydrogens (tertiary/aromatic N) is 2. The Labute approximate surface area is 214 Å². The van der Waals surface area contributed by atoms with Crippen LogP contribution in [0.2, 0.25) is 5.02 Å². The number of nitrogens with one attached hydrogen (secondary N) is 1. The first-order chi connectivity index (χ1) is 17.2. The number of benzene rings is 3. The second kappa shape index (κ2) is 10.6. The Morgan fingerprint density at radius 3 is 2.32 bits per heavy atom. The third-order valence-corrected chi connectivity index (χ3v) is 7.27. The lowest BCUT2D eigenvalue weighted by molar-refractivity contribution is -0.385. The third kappa shape index (κ3) is 6.30. The van der Waals surface area contributed by atoms with Crippen molar-refractivity contribution in [3.63, 3.8) is 0 Å². The maximum atomic E-state index is 13.5. The maximum absolute atomic E-state index is 13.5. The zero-order chi connectivity index (χ0) is 27.5. The van der Waals surface area contributed by atoms with E-state index in [0.29, 0.717) is 16.1 Å².